The number of rotatable bonds is 4. The lowest BCUT2D eigenvalue weighted by molar-refractivity contribution is 0.622. The SMILES string of the molecule is CC#CCNC(C)c1ccccc1N(C)C. The van der Waals surface area contributed by atoms with Gasteiger partial charge in [-0.3, -0.25) is 5.32 Å². The van der Waals surface area contributed by atoms with E-state index < -0.39 is 0 Å². The number of nitrogens with one attached hydrogen (secondary N) is 1. The minimum atomic E-state index is 0.319. The standard InChI is InChI=1S/C14H20N2/c1-5-6-11-15-12(2)13-9-7-8-10-14(13)16(3)4/h7-10,12,15H,11H2,1-4H3. The molecular weight excluding hydrogens is 196 g/mol. The van der Waals surface area contributed by atoms with Crippen LogP contribution < -0.4 is 10.2 Å². The van der Waals surface area contributed by atoms with E-state index in [4.69, 9.17) is 0 Å². The van der Waals surface area contributed by atoms with Crippen molar-refractivity contribution in [1.82, 2.24) is 5.32 Å². The minimum Gasteiger partial charge on any atom is -0.377 e. The van der Waals surface area contributed by atoms with E-state index in [2.05, 4.69) is 67.3 Å². The van der Waals surface area contributed by atoms with Crippen LogP contribution in [0.1, 0.15) is 25.5 Å². The second kappa shape index (κ2) is 6.19. The molecule has 0 aliphatic carbocycles. The second-order valence-corrected chi connectivity index (χ2v) is 3.98. The van der Waals surface area contributed by atoms with Gasteiger partial charge in [-0.2, -0.15) is 0 Å². The smallest absolute Gasteiger partial charge is 0.0581 e. The van der Waals surface area contributed by atoms with Gasteiger partial charge in [0.2, 0.25) is 0 Å². The van der Waals surface area contributed by atoms with E-state index in [1.807, 2.05) is 6.92 Å². The number of anilines is 1. The molecule has 1 atom stereocenters. The molecule has 0 radical (unpaired) electrons. The van der Waals surface area contributed by atoms with Crippen LogP contribution in [0, 0.1) is 11.8 Å². The Hall–Kier alpha value is -1.46. The molecule has 16 heavy (non-hydrogen) atoms. The first-order chi connectivity index (χ1) is 7.66. The molecule has 1 aromatic rings. The first-order valence-corrected chi connectivity index (χ1v) is 5.56. The highest BCUT2D eigenvalue weighted by atomic mass is 15.1. The molecular formula is C14H20N2. The van der Waals surface area contributed by atoms with Crippen molar-refractivity contribution < 1.29 is 0 Å². The second-order valence-electron chi connectivity index (χ2n) is 3.98. The van der Waals surface area contributed by atoms with Crippen LogP contribution in [0.2, 0.25) is 0 Å². The molecule has 1 aromatic carbocycles. The summed E-state index contributed by atoms with van der Waals surface area (Å²) in [6, 6.07) is 8.76. The van der Waals surface area contributed by atoms with Crippen LogP contribution in [0.5, 0.6) is 0 Å². The minimum absolute atomic E-state index is 0.319. The highest BCUT2D eigenvalue weighted by Gasteiger charge is 2.09. The molecule has 0 fully saturated rings. The molecule has 0 spiro atoms. The topological polar surface area (TPSA) is 15.3 Å². The fourth-order valence-corrected chi connectivity index (χ4v) is 1.66. The number of benzene rings is 1. The Bertz CT molecular complexity index is 385. The number of para-hydroxylation sites is 1. The molecule has 1 N–H and O–H groups in total. The van der Waals surface area contributed by atoms with Gasteiger partial charge in [0.1, 0.15) is 0 Å². The van der Waals surface area contributed by atoms with Crippen molar-refractivity contribution in [2.24, 2.45) is 0 Å². The van der Waals surface area contributed by atoms with Crippen molar-refractivity contribution in [3.8, 4) is 11.8 Å². The molecule has 0 heterocycles. The Kier molecular flexibility index (Phi) is 4.88. The molecule has 0 bridgehead atoms. The molecule has 0 aliphatic heterocycles. The van der Waals surface area contributed by atoms with E-state index in [0.29, 0.717) is 6.04 Å². The van der Waals surface area contributed by atoms with Crippen LogP contribution >= 0.6 is 0 Å². The van der Waals surface area contributed by atoms with Crippen LogP contribution in [0.4, 0.5) is 5.69 Å². The Morgan fingerprint density at radius 1 is 1.31 bits per heavy atom. The Labute approximate surface area is 98.7 Å². The normalized spacial score (nSPS) is 11.5. The molecule has 2 heteroatoms. The number of hydrogen-bond donors (Lipinski definition) is 1. The van der Waals surface area contributed by atoms with Crippen molar-refractivity contribution in [1.29, 1.82) is 0 Å². The predicted octanol–water partition coefficient (Wildman–Crippen LogP) is 2.43. The lowest BCUT2D eigenvalue weighted by Crippen LogP contribution is -2.21. The third kappa shape index (κ3) is 3.29. The molecule has 86 valence electrons. The van der Waals surface area contributed by atoms with E-state index in [0.717, 1.165) is 6.54 Å². The van der Waals surface area contributed by atoms with Gasteiger partial charge in [-0.25, -0.2) is 0 Å². The lowest BCUT2D eigenvalue weighted by atomic mass is 10.1. The summed E-state index contributed by atoms with van der Waals surface area (Å²) in [5.41, 5.74) is 2.57. The molecule has 0 saturated heterocycles. The van der Waals surface area contributed by atoms with E-state index in [1.165, 1.54) is 11.3 Å². The Balaban J connectivity index is 2.80. The summed E-state index contributed by atoms with van der Waals surface area (Å²) in [5.74, 6) is 5.91. The van der Waals surface area contributed by atoms with Gasteiger partial charge in [-0.1, -0.05) is 24.1 Å². The van der Waals surface area contributed by atoms with Gasteiger partial charge in [0, 0.05) is 25.8 Å². The van der Waals surface area contributed by atoms with Gasteiger partial charge >= 0.3 is 0 Å². The van der Waals surface area contributed by atoms with Gasteiger partial charge in [-0.15, -0.1) is 5.92 Å². The number of hydrogen-bond acceptors (Lipinski definition) is 2. The molecule has 0 aliphatic rings. The zero-order valence-corrected chi connectivity index (χ0v) is 10.5. The van der Waals surface area contributed by atoms with Crippen LogP contribution in [0.15, 0.2) is 24.3 Å². The Morgan fingerprint density at radius 2 is 2.00 bits per heavy atom. The van der Waals surface area contributed by atoms with Gasteiger partial charge in [0.15, 0.2) is 0 Å². The first kappa shape index (κ1) is 12.6. The van der Waals surface area contributed by atoms with Gasteiger partial charge in [0.05, 0.1) is 6.54 Å². The van der Waals surface area contributed by atoms with Crippen molar-refractivity contribution in [2.75, 3.05) is 25.5 Å². The van der Waals surface area contributed by atoms with Crippen LogP contribution in [0.25, 0.3) is 0 Å². The predicted molar refractivity (Wildman–Crippen MR) is 70.6 cm³/mol. The van der Waals surface area contributed by atoms with Crippen LogP contribution in [-0.4, -0.2) is 20.6 Å². The third-order valence-electron chi connectivity index (χ3n) is 2.56. The zero-order chi connectivity index (χ0) is 12.0. The van der Waals surface area contributed by atoms with Crippen molar-refractivity contribution >= 4 is 5.69 Å². The zero-order valence-electron chi connectivity index (χ0n) is 10.5. The summed E-state index contributed by atoms with van der Waals surface area (Å²) >= 11 is 0. The fraction of sp³-hybridized carbons (Fsp3) is 0.429. The van der Waals surface area contributed by atoms with E-state index in [-0.39, 0.29) is 0 Å². The summed E-state index contributed by atoms with van der Waals surface area (Å²) in [4.78, 5) is 2.14. The van der Waals surface area contributed by atoms with Crippen molar-refractivity contribution in [3.05, 3.63) is 29.8 Å². The summed E-state index contributed by atoms with van der Waals surface area (Å²) in [5, 5.41) is 3.39. The summed E-state index contributed by atoms with van der Waals surface area (Å²) < 4.78 is 0. The van der Waals surface area contributed by atoms with Gasteiger partial charge < -0.3 is 4.90 Å². The monoisotopic (exact) mass is 216 g/mol. The maximum atomic E-state index is 3.39. The Morgan fingerprint density at radius 3 is 2.62 bits per heavy atom. The molecule has 1 rings (SSSR count). The summed E-state index contributed by atoms with van der Waals surface area (Å²) in [7, 11) is 4.13. The maximum absolute atomic E-state index is 3.39. The maximum Gasteiger partial charge on any atom is 0.0581 e. The molecule has 0 aromatic heterocycles. The molecule has 0 amide bonds. The molecule has 2 nitrogen and oxygen atoms in total. The number of nitrogens with zero attached hydrogens (tertiary/aromatic N) is 1. The summed E-state index contributed by atoms with van der Waals surface area (Å²) in [6.07, 6.45) is 0. The average molecular weight is 216 g/mol. The third-order valence-corrected chi connectivity index (χ3v) is 2.56. The fourth-order valence-electron chi connectivity index (χ4n) is 1.66. The highest BCUT2D eigenvalue weighted by Crippen LogP contribution is 2.24. The molecule has 1 unspecified atom stereocenters. The lowest BCUT2D eigenvalue weighted by Gasteiger charge is -2.21. The van der Waals surface area contributed by atoms with E-state index >= 15 is 0 Å². The first-order valence-electron chi connectivity index (χ1n) is 5.56. The van der Waals surface area contributed by atoms with Gasteiger partial charge in [0.25, 0.3) is 0 Å². The summed E-state index contributed by atoms with van der Waals surface area (Å²) in [6.45, 7) is 4.76. The largest absolute Gasteiger partial charge is 0.377 e. The highest BCUT2D eigenvalue weighted by molar-refractivity contribution is 5.53. The van der Waals surface area contributed by atoms with E-state index in [9.17, 15) is 0 Å². The molecule has 0 saturated carbocycles. The van der Waals surface area contributed by atoms with E-state index in [1.54, 1.807) is 0 Å². The van der Waals surface area contributed by atoms with Crippen molar-refractivity contribution in [2.45, 2.75) is 19.9 Å². The quantitative estimate of drug-likeness (QED) is 0.778. The van der Waals surface area contributed by atoms with Crippen LogP contribution in [-0.2, 0) is 0 Å². The van der Waals surface area contributed by atoms with Crippen LogP contribution in [0.3, 0.4) is 0 Å². The average Bonchev–Trinajstić information content (AvgIpc) is 2.29. The van der Waals surface area contributed by atoms with Crippen molar-refractivity contribution in [3.63, 3.8) is 0 Å². The van der Waals surface area contributed by atoms with Gasteiger partial charge in [-0.05, 0) is 25.5 Å².